The number of hydrogen-bond donors (Lipinski definition) is 3. The van der Waals surface area contributed by atoms with Crippen LogP contribution < -0.4 is 5.32 Å². The Morgan fingerprint density at radius 1 is 1.23 bits per heavy atom. The highest BCUT2D eigenvalue weighted by atomic mass is 16.3. The number of carbonyl (C=O) groups excluding carboxylic acids is 1. The molecule has 0 aliphatic carbocycles. The van der Waals surface area contributed by atoms with Crippen molar-refractivity contribution >= 4 is 33.4 Å². The predicted octanol–water partition coefficient (Wildman–Crippen LogP) is 3.85. The van der Waals surface area contributed by atoms with Gasteiger partial charge in [0.05, 0.1) is 22.7 Å². The van der Waals surface area contributed by atoms with Crippen LogP contribution in [0.3, 0.4) is 0 Å². The Hall–Kier alpha value is -3.85. The molecule has 1 amide bonds. The van der Waals surface area contributed by atoms with Crippen molar-refractivity contribution in [2.75, 3.05) is 5.32 Å². The second-order valence-corrected chi connectivity index (χ2v) is 6.03. The van der Waals surface area contributed by atoms with Gasteiger partial charge < -0.3 is 10.4 Å². The predicted molar refractivity (Wildman–Crippen MR) is 99.1 cm³/mol. The second-order valence-electron chi connectivity index (χ2n) is 6.03. The van der Waals surface area contributed by atoms with E-state index in [-0.39, 0.29) is 11.7 Å². The van der Waals surface area contributed by atoms with Crippen molar-refractivity contribution in [1.82, 2.24) is 10.2 Å². The Bertz CT molecular complexity index is 1210. The van der Waals surface area contributed by atoms with E-state index in [9.17, 15) is 9.90 Å². The third kappa shape index (κ3) is 2.43. The maximum absolute atomic E-state index is 12.8. The molecule has 126 valence electrons. The molecule has 0 aliphatic heterocycles. The molecular formula is C20H14N4O2. The van der Waals surface area contributed by atoms with Crippen molar-refractivity contribution in [2.24, 2.45) is 0 Å². The number of aromatic hydroxyl groups is 1. The summed E-state index contributed by atoms with van der Waals surface area (Å²) in [6.45, 7) is 1.83. The lowest BCUT2D eigenvalue weighted by atomic mass is 10.0. The molecule has 3 aromatic carbocycles. The van der Waals surface area contributed by atoms with E-state index < -0.39 is 0 Å². The van der Waals surface area contributed by atoms with Gasteiger partial charge in [-0.25, -0.2) is 0 Å². The van der Waals surface area contributed by atoms with E-state index in [1.165, 1.54) is 0 Å². The minimum atomic E-state index is -0.368. The van der Waals surface area contributed by atoms with E-state index in [4.69, 9.17) is 5.26 Å². The molecule has 4 rings (SSSR count). The summed E-state index contributed by atoms with van der Waals surface area (Å²) in [5, 5.41) is 31.1. The monoisotopic (exact) mass is 342 g/mol. The van der Waals surface area contributed by atoms with E-state index >= 15 is 0 Å². The van der Waals surface area contributed by atoms with Gasteiger partial charge in [0, 0.05) is 10.8 Å². The van der Waals surface area contributed by atoms with Gasteiger partial charge in [-0.2, -0.15) is 10.4 Å². The van der Waals surface area contributed by atoms with Gasteiger partial charge in [-0.1, -0.05) is 24.3 Å². The molecule has 6 heteroatoms. The molecule has 26 heavy (non-hydrogen) atoms. The number of rotatable bonds is 2. The molecule has 0 atom stereocenters. The van der Waals surface area contributed by atoms with Gasteiger partial charge in [-0.05, 0) is 42.1 Å². The topological polar surface area (TPSA) is 102 Å². The molecule has 0 spiro atoms. The summed E-state index contributed by atoms with van der Waals surface area (Å²) in [5.74, 6) is 0.0622. The summed E-state index contributed by atoms with van der Waals surface area (Å²) in [7, 11) is 0. The number of H-pyrrole nitrogens is 1. The van der Waals surface area contributed by atoms with Crippen LogP contribution in [0.2, 0.25) is 0 Å². The highest BCUT2D eigenvalue weighted by Crippen LogP contribution is 2.29. The molecule has 0 saturated carbocycles. The molecule has 1 heterocycles. The minimum absolute atomic E-state index is 0.0506. The normalized spacial score (nSPS) is 10.8. The summed E-state index contributed by atoms with van der Waals surface area (Å²) in [6.07, 6.45) is 0. The molecule has 6 nitrogen and oxygen atoms in total. The minimum Gasteiger partial charge on any atom is -0.507 e. The number of benzene rings is 3. The Morgan fingerprint density at radius 3 is 2.77 bits per heavy atom. The fraction of sp³-hybridized carbons (Fsp3) is 0.0500. The molecule has 0 aliphatic rings. The van der Waals surface area contributed by atoms with Crippen LogP contribution in [0.25, 0.3) is 21.7 Å². The average Bonchev–Trinajstić information content (AvgIpc) is 3.02. The first kappa shape index (κ1) is 15.7. The van der Waals surface area contributed by atoms with Crippen LogP contribution >= 0.6 is 0 Å². The smallest absolute Gasteiger partial charge is 0.257 e. The third-order valence-electron chi connectivity index (χ3n) is 4.39. The molecule has 4 aromatic rings. The Kier molecular flexibility index (Phi) is 3.55. The number of hydrogen-bond acceptors (Lipinski definition) is 4. The van der Waals surface area contributed by atoms with Gasteiger partial charge in [0.25, 0.3) is 5.91 Å². The highest BCUT2D eigenvalue weighted by Gasteiger charge is 2.16. The fourth-order valence-corrected chi connectivity index (χ4v) is 3.07. The van der Waals surface area contributed by atoms with Crippen LogP contribution in [0.4, 0.5) is 5.82 Å². The number of nitriles is 1. The zero-order valence-electron chi connectivity index (χ0n) is 13.9. The van der Waals surface area contributed by atoms with E-state index in [1.807, 2.05) is 25.1 Å². The summed E-state index contributed by atoms with van der Waals surface area (Å²) in [5.41, 5.74) is 2.39. The van der Waals surface area contributed by atoms with Gasteiger partial charge in [0.15, 0.2) is 5.82 Å². The highest BCUT2D eigenvalue weighted by molar-refractivity contribution is 6.15. The number of aromatic nitrogens is 2. The Balaban J connectivity index is 1.77. The van der Waals surface area contributed by atoms with Crippen LogP contribution in [-0.4, -0.2) is 21.2 Å². The summed E-state index contributed by atoms with van der Waals surface area (Å²) in [4.78, 5) is 12.8. The van der Waals surface area contributed by atoms with Crippen LogP contribution in [-0.2, 0) is 0 Å². The average molecular weight is 342 g/mol. The van der Waals surface area contributed by atoms with Crippen molar-refractivity contribution < 1.29 is 9.90 Å². The lowest BCUT2D eigenvalue weighted by molar-refractivity contribution is 0.102. The van der Waals surface area contributed by atoms with E-state index in [0.29, 0.717) is 27.8 Å². The first-order valence-electron chi connectivity index (χ1n) is 7.99. The van der Waals surface area contributed by atoms with E-state index in [2.05, 4.69) is 21.6 Å². The molecule has 0 saturated heterocycles. The van der Waals surface area contributed by atoms with Crippen molar-refractivity contribution in [2.45, 2.75) is 6.92 Å². The number of phenols is 1. The summed E-state index contributed by atoms with van der Waals surface area (Å²) < 4.78 is 0. The number of nitrogens with one attached hydrogen (secondary N) is 2. The van der Waals surface area contributed by atoms with Gasteiger partial charge >= 0.3 is 0 Å². The van der Waals surface area contributed by atoms with E-state index in [0.717, 1.165) is 16.3 Å². The SMILES string of the molecule is Cc1cc2c(NC(=O)c3cccc4cccc(O)c34)n[nH]c2cc1C#N. The fourth-order valence-electron chi connectivity index (χ4n) is 3.07. The van der Waals surface area contributed by atoms with Crippen LogP contribution in [0.1, 0.15) is 21.5 Å². The molecule has 1 aromatic heterocycles. The van der Waals surface area contributed by atoms with Crippen LogP contribution in [0.15, 0.2) is 48.5 Å². The number of anilines is 1. The Labute approximate surface area is 148 Å². The number of amides is 1. The van der Waals surface area contributed by atoms with Crippen molar-refractivity contribution in [3.8, 4) is 11.8 Å². The molecule has 3 N–H and O–H groups in total. The number of nitrogens with zero attached hydrogens (tertiary/aromatic N) is 2. The van der Waals surface area contributed by atoms with Crippen LogP contribution in [0, 0.1) is 18.3 Å². The summed E-state index contributed by atoms with van der Waals surface area (Å²) in [6, 6.07) is 16.0. The number of phenolic OH excluding ortho intramolecular Hbond substituents is 1. The molecular weight excluding hydrogens is 328 g/mol. The van der Waals surface area contributed by atoms with Gasteiger partial charge in [0.2, 0.25) is 0 Å². The lowest BCUT2D eigenvalue weighted by Crippen LogP contribution is -2.13. The standard InChI is InChI=1S/C20H14N4O2/c1-11-8-15-16(9-13(11)10-21)23-24-19(15)22-20(26)14-6-2-4-12-5-3-7-17(25)18(12)14/h2-9,25H,1H3,(H2,22,23,24,26). The van der Waals surface area contributed by atoms with E-state index in [1.54, 1.807) is 30.3 Å². The zero-order valence-corrected chi connectivity index (χ0v) is 13.9. The molecule has 0 unspecified atom stereocenters. The maximum Gasteiger partial charge on any atom is 0.257 e. The first-order valence-corrected chi connectivity index (χ1v) is 7.99. The number of carbonyl (C=O) groups is 1. The third-order valence-corrected chi connectivity index (χ3v) is 4.39. The largest absolute Gasteiger partial charge is 0.507 e. The summed E-state index contributed by atoms with van der Waals surface area (Å²) >= 11 is 0. The van der Waals surface area contributed by atoms with Crippen molar-refractivity contribution in [3.05, 3.63) is 65.2 Å². The first-order chi connectivity index (χ1) is 12.6. The molecule has 0 bridgehead atoms. The van der Waals surface area contributed by atoms with Gasteiger partial charge in [-0.3, -0.25) is 9.89 Å². The number of fused-ring (bicyclic) bond motifs is 2. The van der Waals surface area contributed by atoms with Crippen molar-refractivity contribution in [1.29, 1.82) is 5.26 Å². The van der Waals surface area contributed by atoms with Crippen molar-refractivity contribution in [3.63, 3.8) is 0 Å². The van der Waals surface area contributed by atoms with Crippen LogP contribution in [0.5, 0.6) is 5.75 Å². The lowest BCUT2D eigenvalue weighted by Gasteiger charge is -2.08. The van der Waals surface area contributed by atoms with Gasteiger partial charge in [0.1, 0.15) is 5.75 Å². The Morgan fingerprint density at radius 2 is 2.00 bits per heavy atom. The second kappa shape index (κ2) is 5.90. The maximum atomic E-state index is 12.8. The number of aromatic amines is 1. The van der Waals surface area contributed by atoms with Gasteiger partial charge in [-0.15, -0.1) is 0 Å². The molecule has 0 radical (unpaired) electrons. The quantitative estimate of drug-likeness (QED) is 0.515. The zero-order chi connectivity index (χ0) is 18.3. The molecule has 0 fully saturated rings. The number of aryl methyl sites for hydroxylation is 1.